The molecular weight excluding hydrogens is 584 g/mol. The standard InChI is InChI=1S/C28H29F2N7O5S/c1-17-3-7-27(33-32-17)35(2)43(39,40)34-28(38)24-13-31-26-8-5-20(15-37(24)26)36-14-19(30)12-23(36)22-11-18(29)4-6-25(22)42-21-9-10-41-16-21/h3-8,11,13,15,19,21,23H,9-10,12,14,16H2,1-2H3,(H,34,38). The number of benzene rings is 1. The molecule has 3 atom stereocenters. The van der Waals surface area contributed by atoms with Crippen LogP contribution in [0.15, 0.2) is 54.9 Å². The van der Waals surface area contributed by atoms with Crippen LogP contribution in [0.2, 0.25) is 0 Å². The molecule has 2 aliphatic heterocycles. The maximum absolute atomic E-state index is 15.0. The summed E-state index contributed by atoms with van der Waals surface area (Å²) in [5, 5.41) is 7.70. The lowest BCUT2D eigenvalue weighted by atomic mass is 10.0. The average Bonchev–Trinajstić information content (AvgIpc) is 3.73. The zero-order valence-corrected chi connectivity index (χ0v) is 24.2. The number of carbonyl (C=O) groups is 1. The summed E-state index contributed by atoms with van der Waals surface area (Å²) < 4.78 is 71.1. The first-order valence-corrected chi connectivity index (χ1v) is 15.1. The van der Waals surface area contributed by atoms with Crippen molar-refractivity contribution in [3.8, 4) is 5.75 Å². The highest BCUT2D eigenvalue weighted by molar-refractivity contribution is 7.91. The van der Waals surface area contributed by atoms with Gasteiger partial charge in [-0.25, -0.2) is 22.8 Å². The first-order valence-electron chi connectivity index (χ1n) is 13.6. The van der Waals surface area contributed by atoms with Crippen molar-refractivity contribution in [2.45, 2.75) is 38.1 Å². The van der Waals surface area contributed by atoms with Crippen molar-refractivity contribution >= 4 is 33.3 Å². The van der Waals surface area contributed by atoms with Gasteiger partial charge in [0, 0.05) is 38.2 Å². The molecule has 226 valence electrons. The van der Waals surface area contributed by atoms with Crippen LogP contribution < -0.4 is 18.7 Å². The number of amides is 1. The van der Waals surface area contributed by atoms with Crippen LogP contribution in [-0.4, -0.2) is 73.0 Å². The second-order valence-corrected chi connectivity index (χ2v) is 12.2. The summed E-state index contributed by atoms with van der Waals surface area (Å²) in [6.07, 6.45) is 2.23. The van der Waals surface area contributed by atoms with Gasteiger partial charge >= 0.3 is 10.2 Å². The van der Waals surface area contributed by atoms with Crippen LogP contribution in [-0.2, 0) is 14.9 Å². The first-order chi connectivity index (χ1) is 20.6. The highest BCUT2D eigenvalue weighted by Crippen LogP contribution is 2.42. The highest BCUT2D eigenvalue weighted by atomic mass is 32.2. The Morgan fingerprint density at radius 1 is 1.19 bits per heavy atom. The van der Waals surface area contributed by atoms with Crippen LogP contribution >= 0.6 is 0 Å². The number of fused-ring (bicyclic) bond motifs is 1. The Balaban J connectivity index is 1.29. The molecule has 5 heterocycles. The molecule has 1 N–H and O–H groups in total. The van der Waals surface area contributed by atoms with Crippen LogP contribution in [0.4, 0.5) is 20.3 Å². The van der Waals surface area contributed by atoms with Gasteiger partial charge in [-0.2, -0.15) is 13.5 Å². The number of pyridine rings is 1. The van der Waals surface area contributed by atoms with Crippen molar-refractivity contribution in [2.75, 3.05) is 36.0 Å². The lowest BCUT2D eigenvalue weighted by Gasteiger charge is -2.29. The zero-order valence-electron chi connectivity index (χ0n) is 23.4. The van der Waals surface area contributed by atoms with E-state index in [1.165, 1.54) is 35.8 Å². The SMILES string of the molecule is Cc1ccc(N(C)S(=O)(=O)NC(=O)c2cnc3ccc(N4CC(F)CC4c4cc(F)ccc4OC4CCOC4)cn23)nn1. The number of halogens is 2. The molecule has 2 fully saturated rings. The molecule has 43 heavy (non-hydrogen) atoms. The number of nitrogens with zero attached hydrogens (tertiary/aromatic N) is 6. The molecule has 12 nitrogen and oxygen atoms in total. The van der Waals surface area contributed by atoms with E-state index in [0.29, 0.717) is 48.0 Å². The minimum absolute atomic E-state index is 0.0195. The van der Waals surface area contributed by atoms with E-state index in [2.05, 4.69) is 15.2 Å². The fourth-order valence-electron chi connectivity index (χ4n) is 5.27. The van der Waals surface area contributed by atoms with Gasteiger partial charge in [0.05, 0.1) is 36.8 Å². The smallest absolute Gasteiger partial charge is 0.327 e. The van der Waals surface area contributed by atoms with Crippen molar-refractivity contribution in [2.24, 2.45) is 0 Å². The number of ether oxygens (including phenoxy) is 2. The molecule has 0 spiro atoms. The fraction of sp³-hybridized carbons (Fsp3) is 0.357. The lowest BCUT2D eigenvalue weighted by molar-refractivity contribution is 0.0975. The molecule has 3 aromatic heterocycles. The van der Waals surface area contributed by atoms with Gasteiger partial charge in [-0.1, -0.05) is 0 Å². The minimum atomic E-state index is -4.35. The third-order valence-corrected chi connectivity index (χ3v) is 8.86. The van der Waals surface area contributed by atoms with Crippen LogP contribution in [0.3, 0.4) is 0 Å². The second-order valence-electron chi connectivity index (χ2n) is 10.5. The van der Waals surface area contributed by atoms with Crippen molar-refractivity contribution in [1.82, 2.24) is 24.3 Å². The molecule has 3 unspecified atom stereocenters. The molecular formula is C28H29F2N7O5S. The summed E-state index contributed by atoms with van der Waals surface area (Å²) >= 11 is 0. The molecule has 4 aromatic rings. The summed E-state index contributed by atoms with van der Waals surface area (Å²) in [4.78, 5) is 19.2. The number of aryl methyl sites for hydroxylation is 1. The van der Waals surface area contributed by atoms with E-state index in [1.807, 2.05) is 4.72 Å². The predicted octanol–water partition coefficient (Wildman–Crippen LogP) is 3.14. The zero-order chi connectivity index (χ0) is 30.3. The topological polar surface area (TPSA) is 131 Å². The summed E-state index contributed by atoms with van der Waals surface area (Å²) in [5.74, 6) is -0.928. The third-order valence-electron chi connectivity index (χ3n) is 7.51. The van der Waals surface area contributed by atoms with Crippen LogP contribution in [0.5, 0.6) is 5.75 Å². The molecule has 15 heteroatoms. The number of nitrogens with one attached hydrogen (secondary N) is 1. The number of aromatic nitrogens is 4. The van der Waals surface area contributed by atoms with E-state index < -0.39 is 34.1 Å². The Morgan fingerprint density at radius 2 is 2.02 bits per heavy atom. The van der Waals surface area contributed by atoms with Gasteiger partial charge in [0.25, 0.3) is 5.91 Å². The van der Waals surface area contributed by atoms with Gasteiger partial charge in [-0.3, -0.25) is 9.20 Å². The van der Waals surface area contributed by atoms with Crippen LogP contribution in [0, 0.1) is 12.7 Å². The number of carbonyl (C=O) groups excluding carboxylic acids is 1. The molecule has 1 amide bonds. The summed E-state index contributed by atoms with van der Waals surface area (Å²) in [6, 6.07) is 10.1. The molecule has 0 bridgehead atoms. The molecule has 1 aromatic carbocycles. The quantitative estimate of drug-likeness (QED) is 0.318. The number of alkyl halides is 1. The molecule has 0 saturated carbocycles. The van der Waals surface area contributed by atoms with Gasteiger partial charge in [0.2, 0.25) is 0 Å². The Hall–Kier alpha value is -4.37. The van der Waals surface area contributed by atoms with Crippen LogP contribution in [0.1, 0.15) is 40.6 Å². The summed E-state index contributed by atoms with van der Waals surface area (Å²) in [7, 11) is -3.10. The maximum Gasteiger partial charge on any atom is 0.327 e. The first kappa shape index (κ1) is 28.7. The van der Waals surface area contributed by atoms with E-state index in [1.54, 1.807) is 42.3 Å². The Kier molecular flexibility index (Phi) is 7.60. The Labute approximate surface area is 246 Å². The van der Waals surface area contributed by atoms with E-state index in [-0.39, 0.29) is 30.6 Å². The van der Waals surface area contributed by atoms with Crippen molar-refractivity contribution in [3.05, 3.63) is 77.6 Å². The normalized spacial score (nSPS) is 20.5. The number of imidazole rings is 1. The Bertz CT molecular complexity index is 1760. The van der Waals surface area contributed by atoms with Crippen molar-refractivity contribution < 1.29 is 31.5 Å². The highest BCUT2D eigenvalue weighted by Gasteiger charge is 2.36. The average molecular weight is 614 g/mol. The largest absolute Gasteiger partial charge is 0.488 e. The van der Waals surface area contributed by atoms with Crippen LogP contribution in [0.25, 0.3) is 5.65 Å². The van der Waals surface area contributed by atoms with Gasteiger partial charge in [0.15, 0.2) is 5.82 Å². The summed E-state index contributed by atoms with van der Waals surface area (Å²) in [6.45, 7) is 2.72. The lowest BCUT2D eigenvalue weighted by Crippen LogP contribution is -2.42. The minimum Gasteiger partial charge on any atom is -0.488 e. The monoisotopic (exact) mass is 613 g/mol. The number of hydrogen-bond donors (Lipinski definition) is 1. The number of anilines is 2. The molecule has 0 aliphatic carbocycles. The molecule has 0 radical (unpaired) electrons. The van der Waals surface area contributed by atoms with E-state index in [0.717, 1.165) is 4.31 Å². The van der Waals surface area contributed by atoms with Gasteiger partial charge in [-0.15, -0.1) is 5.10 Å². The third kappa shape index (κ3) is 5.82. The van der Waals surface area contributed by atoms with E-state index in [4.69, 9.17) is 9.47 Å². The Morgan fingerprint density at radius 3 is 2.77 bits per heavy atom. The number of rotatable bonds is 8. The van der Waals surface area contributed by atoms with Gasteiger partial charge < -0.3 is 14.4 Å². The maximum atomic E-state index is 15.0. The van der Waals surface area contributed by atoms with E-state index >= 15 is 0 Å². The van der Waals surface area contributed by atoms with Crippen molar-refractivity contribution in [3.63, 3.8) is 0 Å². The van der Waals surface area contributed by atoms with Gasteiger partial charge in [0.1, 0.15) is 35.2 Å². The molecule has 2 saturated heterocycles. The molecule has 2 aliphatic rings. The van der Waals surface area contributed by atoms with Gasteiger partial charge in [-0.05, 0) is 49.4 Å². The number of hydrogen-bond acceptors (Lipinski definition) is 9. The second kappa shape index (κ2) is 11.4. The fourth-order valence-corrected chi connectivity index (χ4v) is 6.08. The van der Waals surface area contributed by atoms with E-state index in [9.17, 15) is 22.0 Å². The predicted molar refractivity (Wildman–Crippen MR) is 153 cm³/mol. The molecule has 6 rings (SSSR count). The van der Waals surface area contributed by atoms with Crippen molar-refractivity contribution in [1.29, 1.82) is 0 Å². The summed E-state index contributed by atoms with van der Waals surface area (Å²) in [5.41, 5.74) is 1.94.